The second-order valence-electron chi connectivity index (χ2n) is 4.09. The quantitative estimate of drug-likeness (QED) is 0.619. The fourth-order valence-corrected chi connectivity index (χ4v) is 1.87. The van der Waals surface area contributed by atoms with Crippen LogP contribution in [0.25, 0.3) is 0 Å². The van der Waals surface area contributed by atoms with Crippen LogP contribution in [-0.2, 0) is 6.61 Å². The van der Waals surface area contributed by atoms with Crippen LogP contribution in [0.1, 0.15) is 5.56 Å². The van der Waals surface area contributed by atoms with E-state index in [1.54, 1.807) is 12.1 Å². The van der Waals surface area contributed by atoms with E-state index in [1.807, 2.05) is 0 Å². The van der Waals surface area contributed by atoms with Crippen molar-refractivity contribution in [2.24, 2.45) is 0 Å². The third kappa shape index (κ3) is 3.67. The molecule has 0 spiro atoms. The Morgan fingerprint density at radius 3 is 2.29 bits per heavy atom. The minimum atomic E-state index is -0.559. The van der Waals surface area contributed by atoms with Crippen LogP contribution in [0.15, 0.2) is 42.5 Å². The van der Waals surface area contributed by atoms with Crippen molar-refractivity contribution in [2.75, 3.05) is 0 Å². The van der Waals surface area contributed by atoms with Gasteiger partial charge in [-0.15, -0.1) is 0 Å². The Morgan fingerprint density at radius 2 is 1.67 bits per heavy atom. The molecule has 8 heteroatoms. The van der Waals surface area contributed by atoms with Crippen LogP contribution in [0.5, 0.6) is 5.75 Å². The zero-order valence-electron chi connectivity index (χ0n) is 10.6. The molecule has 0 aliphatic carbocycles. The number of rotatable bonds is 5. The second-order valence-corrected chi connectivity index (χ2v) is 4.49. The number of nitrogens with zero attached hydrogens (tertiary/aromatic N) is 2. The van der Waals surface area contributed by atoms with Crippen LogP contribution >= 0.6 is 11.6 Å². The molecule has 0 saturated heterocycles. The highest BCUT2D eigenvalue weighted by molar-refractivity contribution is 6.32. The molecule has 0 bridgehead atoms. The number of nitro benzene ring substituents is 2. The number of nitro groups is 2. The molecule has 2 rings (SSSR count). The Labute approximate surface area is 124 Å². The molecule has 0 amide bonds. The van der Waals surface area contributed by atoms with Crippen LogP contribution in [0, 0.1) is 20.2 Å². The van der Waals surface area contributed by atoms with Gasteiger partial charge in [0.25, 0.3) is 11.4 Å². The largest absolute Gasteiger partial charge is 0.487 e. The monoisotopic (exact) mass is 308 g/mol. The van der Waals surface area contributed by atoms with Gasteiger partial charge in [-0.2, -0.15) is 0 Å². The first-order valence-corrected chi connectivity index (χ1v) is 6.15. The lowest BCUT2D eigenvalue weighted by molar-refractivity contribution is -0.385. The Hall–Kier alpha value is -2.67. The number of halogens is 1. The predicted molar refractivity (Wildman–Crippen MR) is 75.5 cm³/mol. The third-order valence-electron chi connectivity index (χ3n) is 2.64. The predicted octanol–water partition coefficient (Wildman–Crippen LogP) is 3.74. The lowest BCUT2D eigenvalue weighted by Crippen LogP contribution is -1.98. The standard InChI is InChI=1S/C13H9ClN2O5/c14-12-7-11(16(19)20)4-5-13(12)21-8-9-2-1-3-10(6-9)15(17)18/h1-7H,8H2. The molecule has 2 aromatic rings. The summed E-state index contributed by atoms with van der Waals surface area (Å²) >= 11 is 5.88. The molecule has 0 N–H and O–H groups in total. The van der Waals surface area contributed by atoms with E-state index in [2.05, 4.69) is 0 Å². The molecule has 0 aliphatic heterocycles. The first-order chi connectivity index (χ1) is 9.97. The minimum Gasteiger partial charge on any atom is -0.487 e. The first kappa shape index (κ1) is 14.7. The first-order valence-electron chi connectivity index (χ1n) is 5.77. The van der Waals surface area contributed by atoms with Crippen LogP contribution < -0.4 is 4.74 Å². The van der Waals surface area contributed by atoms with Crippen LogP contribution in [0.2, 0.25) is 5.02 Å². The van der Waals surface area contributed by atoms with Gasteiger partial charge >= 0.3 is 0 Å². The Morgan fingerprint density at radius 1 is 1.00 bits per heavy atom. The third-order valence-corrected chi connectivity index (χ3v) is 2.94. The van der Waals surface area contributed by atoms with E-state index in [9.17, 15) is 20.2 Å². The fraction of sp³-hybridized carbons (Fsp3) is 0.0769. The summed E-state index contributed by atoms with van der Waals surface area (Å²) in [6.45, 7) is 0.0687. The van der Waals surface area contributed by atoms with E-state index < -0.39 is 9.85 Å². The van der Waals surface area contributed by atoms with Gasteiger partial charge in [0.2, 0.25) is 0 Å². The van der Waals surface area contributed by atoms with Gasteiger partial charge in [0.1, 0.15) is 12.4 Å². The maximum absolute atomic E-state index is 10.7. The summed E-state index contributed by atoms with van der Waals surface area (Å²) < 4.78 is 5.42. The highest BCUT2D eigenvalue weighted by Gasteiger charge is 2.11. The van der Waals surface area contributed by atoms with E-state index in [1.165, 1.54) is 30.3 Å². The Balaban J connectivity index is 2.11. The van der Waals surface area contributed by atoms with Crippen molar-refractivity contribution < 1.29 is 14.6 Å². The Kier molecular flexibility index (Phi) is 4.34. The number of ether oxygens (including phenoxy) is 1. The van der Waals surface area contributed by atoms with E-state index in [0.717, 1.165) is 0 Å². The van der Waals surface area contributed by atoms with Crippen LogP contribution in [0.3, 0.4) is 0 Å². The van der Waals surface area contributed by atoms with Gasteiger partial charge in [0, 0.05) is 24.3 Å². The van der Waals surface area contributed by atoms with E-state index in [-0.39, 0.29) is 28.8 Å². The Bertz CT molecular complexity index is 705. The molecule has 0 radical (unpaired) electrons. The van der Waals surface area contributed by atoms with Crippen molar-refractivity contribution in [2.45, 2.75) is 6.61 Å². The second kappa shape index (κ2) is 6.19. The molecular formula is C13H9ClN2O5. The average molecular weight is 309 g/mol. The molecule has 0 heterocycles. The highest BCUT2D eigenvalue weighted by atomic mass is 35.5. The normalized spacial score (nSPS) is 10.1. The van der Waals surface area contributed by atoms with Gasteiger partial charge in [-0.05, 0) is 11.6 Å². The number of non-ortho nitro benzene ring substituents is 2. The van der Waals surface area contributed by atoms with Gasteiger partial charge in [-0.1, -0.05) is 23.7 Å². The SMILES string of the molecule is O=[N+]([O-])c1cccc(COc2ccc([N+](=O)[O-])cc2Cl)c1. The zero-order chi connectivity index (χ0) is 15.4. The number of hydrogen-bond donors (Lipinski definition) is 0. The summed E-state index contributed by atoms with van der Waals surface area (Å²) in [4.78, 5) is 20.2. The number of hydrogen-bond acceptors (Lipinski definition) is 5. The topological polar surface area (TPSA) is 95.5 Å². The van der Waals surface area contributed by atoms with Crippen molar-refractivity contribution >= 4 is 23.0 Å². The summed E-state index contributed by atoms with van der Waals surface area (Å²) in [5.74, 6) is 0.272. The van der Waals surface area contributed by atoms with E-state index in [0.29, 0.717) is 5.56 Å². The lowest BCUT2D eigenvalue weighted by atomic mass is 10.2. The van der Waals surface area contributed by atoms with Gasteiger partial charge in [0.05, 0.1) is 14.9 Å². The van der Waals surface area contributed by atoms with Crippen LogP contribution in [-0.4, -0.2) is 9.85 Å². The lowest BCUT2D eigenvalue weighted by Gasteiger charge is -2.07. The smallest absolute Gasteiger partial charge is 0.271 e. The molecule has 0 aromatic heterocycles. The summed E-state index contributed by atoms with van der Waals surface area (Å²) in [5, 5.41) is 21.4. The fourth-order valence-electron chi connectivity index (χ4n) is 1.64. The van der Waals surface area contributed by atoms with E-state index >= 15 is 0 Å². The van der Waals surface area contributed by atoms with Crippen molar-refractivity contribution in [1.29, 1.82) is 0 Å². The molecule has 21 heavy (non-hydrogen) atoms. The van der Waals surface area contributed by atoms with Crippen LogP contribution in [0.4, 0.5) is 11.4 Å². The molecular weight excluding hydrogens is 300 g/mol. The molecule has 0 aliphatic rings. The molecule has 0 atom stereocenters. The molecule has 7 nitrogen and oxygen atoms in total. The molecule has 2 aromatic carbocycles. The molecule has 0 saturated carbocycles. The van der Waals surface area contributed by atoms with Crippen molar-refractivity contribution in [3.05, 3.63) is 73.3 Å². The van der Waals surface area contributed by atoms with E-state index in [4.69, 9.17) is 16.3 Å². The maximum Gasteiger partial charge on any atom is 0.271 e. The van der Waals surface area contributed by atoms with Crippen molar-refractivity contribution in [3.63, 3.8) is 0 Å². The summed E-state index contributed by atoms with van der Waals surface area (Å²) in [6.07, 6.45) is 0. The van der Waals surface area contributed by atoms with Crippen molar-refractivity contribution in [1.82, 2.24) is 0 Å². The molecule has 108 valence electrons. The highest BCUT2D eigenvalue weighted by Crippen LogP contribution is 2.29. The average Bonchev–Trinajstić information content (AvgIpc) is 2.46. The van der Waals surface area contributed by atoms with Gasteiger partial charge < -0.3 is 4.74 Å². The summed E-state index contributed by atoms with van der Waals surface area (Å²) in [5.41, 5.74) is 0.423. The molecule has 0 fully saturated rings. The summed E-state index contributed by atoms with van der Waals surface area (Å²) in [7, 11) is 0. The van der Waals surface area contributed by atoms with Gasteiger partial charge in [-0.3, -0.25) is 20.2 Å². The van der Waals surface area contributed by atoms with Crippen molar-refractivity contribution in [3.8, 4) is 5.75 Å². The maximum atomic E-state index is 10.7. The van der Waals surface area contributed by atoms with Gasteiger partial charge in [0.15, 0.2) is 0 Å². The minimum absolute atomic E-state index is 0.0362. The summed E-state index contributed by atoms with van der Waals surface area (Å²) in [6, 6.07) is 9.83. The number of benzene rings is 2. The zero-order valence-corrected chi connectivity index (χ0v) is 11.3. The van der Waals surface area contributed by atoms with Gasteiger partial charge in [-0.25, -0.2) is 0 Å². The molecule has 0 unspecified atom stereocenters.